The summed E-state index contributed by atoms with van der Waals surface area (Å²) in [6, 6.07) is 9.07. The third-order valence-corrected chi connectivity index (χ3v) is 3.65. The summed E-state index contributed by atoms with van der Waals surface area (Å²) < 4.78 is 5.18. The predicted molar refractivity (Wildman–Crippen MR) is 75.0 cm³/mol. The number of hydrogen-bond donors (Lipinski definition) is 1. The summed E-state index contributed by atoms with van der Waals surface area (Å²) in [7, 11) is 1.71. The first-order valence-corrected chi connectivity index (χ1v) is 6.90. The molecule has 1 aromatic carbocycles. The fourth-order valence-corrected chi connectivity index (χ4v) is 2.52. The highest BCUT2D eigenvalue weighted by atomic mass is 16.5. The lowest BCUT2D eigenvalue weighted by Crippen LogP contribution is -2.37. The summed E-state index contributed by atoms with van der Waals surface area (Å²) in [5, 5.41) is 3.56. The van der Waals surface area contributed by atoms with Gasteiger partial charge in [0, 0.05) is 19.1 Å². The van der Waals surface area contributed by atoms with Crippen molar-refractivity contribution in [3.63, 3.8) is 0 Å². The van der Waals surface area contributed by atoms with Crippen LogP contribution in [0.15, 0.2) is 24.3 Å². The summed E-state index contributed by atoms with van der Waals surface area (Å²) >= 11 is 0. The maximum Gasteiger partial charge on any atom is 0.118 e. The average Bonchev–Trinajstić information content (AvgIpc) is 2.91. The lowest BCUT2D eigenvalue weighted by molar-refractivity contribution is 0.253. The van der Waals surface area contributed by atoms with Crippen molar-refractivity contribution < 1.29 is 4.74 Å². The van der Waals surface area contributed by atoms with Gasteiger partial charge >= 0.3 is 0 Å². The molecule has 0 radical (unpaired) electrons. The average molecular weight is 248 g/mol. The number of likely N-dealkylation sites (N-methyl/N-ethyl adjacent to an activating group) is 1. The molecule has 2 rings (SSSR count). The first-order valence-electron chi connectivity index (χ1n) is 6.90. The van der Waals surface area contributed by atoms with E-state index < -0.39 is 0 Å². The molecule has 1 aliphatic rings. The van der Waals surface area contributed by atoms with Gasteiger partial charge in [-0.1, -0.05) is 19.1 Å². The summed E-state index contributed by atoms with van der Waals surface area (Å²) in [5.41, 5.74) is 1.36. The van der Waals surface area contributed by atoms with Crippen molar-refractivity contribution in [1.29, 1.82) is 0 Å². The van der Waals surface area contributed by atoms with Crippen LogP contribution in [0.25, 0.3) is 0 Å². The van der Waals surface area contributed by atoms with Gasteiger partial charge in [-0.25, -0.2) is 0 Å². The number of rotatable bonds is 6. The fraction of sp³-hybridized carbons (Fsp3) is 0.600. The lowest BCUT2D eigenvalue weighted by Gasteiger charge is -2.24. The highest BCUT2D eigenvalue weighted by molar-refractivity contribution is 5.27. The minimum absolute atomic E-state index is 0.684. The molecule has 1 aromatic rings. The van der Waals surface area contributed by atoms with Crippen LogP contribution in [0, 0.1) is 0 Å². The Labute approximate surface area is 110 Å². The molecule has 100 valence electrons. The van der Waals surface area contributed by atoms with Crippen molar-refractivity contribution >= 4 is 0 Å². The van der Waals surface area contributed by atoms with Gasteiger partial charge in [-0.05, 0) is 43.6 Å². The second kappa shape index (κ2) is 6.76. The van der Waals surface area contributed by atoms with Crippen LogP contribution in [-0.2, 0) is 6.54 Å². The van der Waals surface area contributed by atoms with Gasteiger partial charge in [0.25, 0.3) is 0 Å². The molecule has 1 atom stereocenters. The molecule has 18 heavy (non-hydrogen) atoms. The molecular weight excluding hydrogens is 224 g/mol. The van der Waals surface area contributed by atoms with Crippen molar-refractivity contribution in [2.45, 2.75) is 32.4 Å². The second-order valence-electron chi connectivity index (χ2n) is 4.97. The van der Waals surface area contributed by atoms with E-state index >= 15 is 0 Å². The molecule has 0 aliphatic carbocycles. The number of benzene rings is 1. The highest BCUT2D eigenvalue weighted by Crippen LogP contribution is 2.14. The third kappa shape index (κ3) is 3.72. The van der Waals surface area contributed by atoms with Crippen LogP contribution in [0.4, 0.5) is 0 Å². The van der Waals surface area contributed by atoms with Crippen LogP contribution in [-0.4, -0.2) is 37.7 Å². The Morgan fingerprint density at radius 2 is 2.11 bits per heavy atom. The Bertz CT molecular complexity index is 344. The van der Waals surface area contributed by atoms with Crippen LogP contribution < -0.4 is 10.1 Å². The lowest BCUT2D eigenvalue weighted by atomic mass is 10.1. The molecule has 1 unspecified atom stereocenters. The van der Waals surface area contributed by atoms with Crippen LogP contribution in [0.5, 0.6) is 5.75 Å². The molecule has 0 spiro atoms. The minimum Gasteiger partial charge on any atom is -0.497 e. The highest BCUT2D eigenvalue weighted by Gasteiger charge is 2.16. The van der Waals surface area contributed by atoms with Crippen molar-refractivity contribution in [2.24, 2.45) is 0 Å². The standard InChI is InChI=1S/C15H24N2O/c1-3-17(12-14-5-4-10-16-14)11-13-6-8-15(18-2)9-7-13/h6-9,14,16H,3-5,10-12H2,1-2H3. The van der Waals surface area contributed by atoms with Crippen molar-refractivity contribution in [3.05, 3.63) is 29.8 Å². The maximum atomic E-state index is 5.18. The number of hydrogen-bond acceptors (Lipinski definition) is 3. The molecule has 0 saturated carbocycles. The van der Waals surface area contributed by atoms with Gasteiger partial charge in [0.2, 0.25) is 0 Å². The molecule has 3 nitrogen and oxygen atoms in total. The second-order valence-corrected chi connectivity index (χ2v) is 4.97. The van der Waals surface area contributed by atoms with Crippen LogP contribution in [0.1, 0.15) is 25.3 Å². The van der Waals surface area contributed by atoms with E-state index in [0.717, 1.165) is 25.4 Å². The van der Waals surface area contributed by atoms with Gasteiger partial charge in [0.1, 0.15) is 5.75 Å². The molecule has 1 heterocycles. The molecule has 0 bridgehead atoms. The minimum atomic E-state index is 0.684. The maximum absolute atomic E-state index is 5.18. The fourth-order valence-electron chi connectivity index (χ4n) is 2.52. The molecule has 1 aliphatic heterocycles. The van der Waals surface area contributed by atoms with E-state index in [2.05, 4.69) is 29.3 Å². The molecule has 1 N–H and O–H groups in total. The predicted octanol–water partition coefficient (Wildman–Crippen LogP) is 2.27. The molecule has 0 aromatic heterocycles. The van der Waals surface area contributed by atoms with Gasteiger partial charge < -0.3 is 10.1 Å². The van der Waals surface area contributed by atoms with E-state index in [1.54, 1.807) is 7.11 Å². The number of nitrogens with zero attached hydrogens (tertiary/aromatic N) is 1. The Kier molecular flexibility index (Phi) is 5.02. The van der Waals surface area contributed by atoms with E-state index in [4.69, 9.17) is 4.74 Å². The molecule has 1 fully saturated rings. The van der Waals surface area contributed by atoms with Crippen LogP contribution in [0.3, 0.4) is 0 Å². The summed E-state index contributed by atoms with van der Waals surface area (Å²) in [4.78, 5) is 2.50. The molecule has 3 heteroatoms. The zero-order valence-electron chi connectivity index (χ0n) is 11.5. The van der Waals surface area contributed by atoms with Crippen molar-refractivity contribution in [1.82, 2.24) is 10.2 Å². The van der Waals surface area contributed by atoms with Gasteiger partial charge in [0.15, 0.2) is 0 Å². The van der Waals surface area contributed by atoms with E-state index in [-0.39, 0.29) is 0 Å². The van der Waals surface area contributed by atoms with Crippen molar-refractivity contribution in [2.75, 3.05) is 26.7 Å². The monoisotopic (exact) mass is 248 g/mol. The Morgan fingerprint density at radius 3 is 2.67 bits per heavy atom. The third-order valence-electron chi connectivity index (χ3n) is 3.65. The Morgan fingerprint density at radius 1 is 1.33 bits per heavy atom. The number of nitrogens with one attached hydrogen (secondary N) is 1. The van der Waals surface area contributed by atoms with Gasteiger partial charge in [0.05, 0.1) is 7.11 Å². The van der Waals surface area contributed by atoms with E-state index in [9.17, 15) is 0 Å². The van der Waals surface area contributed by atoms with Gasteiger partial charge in [-0.15, -0.1) is 0 Å². The zero-order chi connectivity index (χ0) is 12.8. The topological polar surface area (TPSA) is 24.5 Å². The first kappa shape index (κ1) is 13.4. The normalized spacial score (nSPS) is 19.4. The van der Waals surface area contributed by atoms with E-state index in [1.165, 1.54) is 24.9 Å². The van der Waals surface area contributed by atoms with Crippen LogP contribution >= 0.6 is 0 Å². The Balaban J connectivity index is 1.87. The molecule has 1 saturated heterocycles. The smallest absolute Gasteiger partial charge is 0.118 e. The van der Waals surface area contributed by atoms with E-state index in [1.807, 2.05) is 12.1 Å². The number of ether oxygens (including phenoxy) is 1. The molecular formula is C15H24N2O. The number of methoxy groups -OCH3 is 1. The van der Waals surface area contributed by atoms with Gasteiger partial charge in [-0.2, -0.15) is 0 Å². The Hall–Kier alpha value is -1.06. The summed E-state index contributed by atoms with van der Waals surface area (Å²) in [5.74, 6) is 0.930. The van der Waals surface area contributed by atoms with Crippen LogP contribution in [0.2, 0.25) is 0 Å². The SMILES string of the molecule is CCN(Cc1ccc(OC)cc1)CC1CCCN1. The van der Waals surface area contributed by atoms with Crippen molar-refractivity contribution in [3.8, 4) is 5.75 Å². The van der Waals surface area contributed by atoms with E-state index in [0.29, 0.717) is 6.04 Å². The quantitative estimate of drug-likeness (QED) is 0.836. The first-order chi connectivity index (χ1) is 8.81. The zero-order valence-corrected chi connectivity index (χ0v) is 11.5. The molecule has 0 amide bonds. The summed E-state index contributed by atoms with van der Waals surface area (Å²) in [6.45, 7) is 6.70. The van der Waals surface area contributed by atoms with Gasteiger partial charge in [-0.3, -0.25) is 4.90 Å². The largest absolute Gasteiger partial charge is 0.497 e. The summed E-state index contributed by atoms with van der Waals surface area (Å²) in [6.07, 6.45) is 2.64.